The first-order chi connectivity index (χ1) is 10.1. The molecule has 0 aromatic carbocycles. The van der Waals surface area contributed by atoms with Crippen molar-refractivity contribution in [2.75, 3.05) is 6.61 Å². The summed E-state index contributed by atoms with van der Waals surface area (Å²) in [5.41, 5.74) is 0.533. The Bertz CT molecular complexity index is 664. The Labute approximate surface area is 127 Å². The van der Waals surface area contributed by atoms with Crippen molar-refractivity contribution in [1.29, 1.82) is 0 Å². The molecule has 2 atom stereocenters. The summed E-state index contributed by atoms with van der Waals surface area (Å²) in [6, 6.07) is 1.56. The number of hydrogen-bond acceptors (Lipinski definition) is 3. The lowest BCUT2D eigenvalue weighted by Crippen LogP contribution is -2.38. The second-order valence-corrected chi connectivity index (χ2v) is 5.65. The quantitative estimate of drug-likeness (QED) is 0.938. The van der Waals surface area contributed by atoms with Crippen LogP contribution in [-0.4, -0.2) is 32.7 Å². The maximum absolute atomic E-state index is 12.4. The van der Waals surface area contributed by atoms with Crippen molar-refractivity contribution in [3.8, 4) is 0 Å². The summed E-state index contributed by atoms with van der Waals surface area (Å²) >= 11 is 5.92. The first kappa shape index (κ1) is 14.2. The summed E-state index contributed by atoms with van der Waals surface area (Å²) in [6.45, 7) is 0.608. The molecule has 6 nitrogen and oxygen atoms in total. The summed E-state index contributed by atoms with van der Waals surface area (Å²) in [7, 11) is 3.71. The molecule has 3 heterocycles. The molecule has 2 aromatic rings. The van der Waals surface area contributed by atoms with Gasteiger partial charge in [-0.1, -0.05) is 11.6 Å². The zero-order chi connectivity index (χ0) is 15.0. The minimum absolute atomic E-state index is 0.0905. The highest BCUT2D eigenvalue weighted by Crippen LogP contribution is 2.28. The van der Waals surface area contributed by atoms with Crippen LogP contribution in [-0.2, 0) is 18.8 Å². The van der Waals surface area contributed by atoms with E-state index < -0.39 is 0 Å². The monoisotopic (exact) mass is 308 g/mol. The Balaban J connectivity index is 1.76. The zero-order valence-corrected chi connectivity index (χ0v) is 12.7. The Morgan fingerprint density at radius 1 is 1.48 bits per heavy atom. The molecule has 7 heteroatoms. The van der Waals surface area contributed by atoms with Gasteiger partial charge in [0.15, 0.2) is 0 Å². The number of aryl methyl sites for hydroxylation is 2. The van der Waals surface area contributed by atoms with E-state index in [0.717, 1.165) is 12.2 Å². The number of imidazole rings is 1. The van der Waals surface area contributed by atoms with Crippen LogP contribution in [0, 0.1) is 0 Å². The number of carbonyl (C=O) groups excluding carboxylic acids is 1. The van der Waals surface area contributed by atoms with Gasteiger partial charge in [0.1, 0.15) is 17.6 Å². The fraction of sp³-hybridized carbons (Fsp3) is 0.429. The molecule has 1 fully saturated rings. The minimum Gasteiger partial charge on any atom is -0.368 e. The summed E-state index contributed by atoms with van der Waals surface area (Å²) in [4.78, 5) is 16.7. The van der Waals surface area contributed by atoms with Crippen molar-refractivity contribution in [3.63, 3.8) is 0 Å². The van der Waals surface area contributed by atoms with Gasteiger partial charge in [0.2, 0.25) is 0 Å². The van der Waals surface area contributed by atoms with Gasteiger partial charge in [0.25, 0.3) is 5.91 Å². The molecule has 0 bridgehead atoms. The summed E-state index contributed by atoms with van der Waals surface area (Å²) < 4.78 is 9.35. The molecule has 3 rings (SSSR count). The van der Waals surface area contributed by atoms with Crippen molar-refractivity contribution in [3.05, 3.63) is 41.2 Å². The molecular formula is C14H17ClN4O2. The van der Waals surface area contributed by atoms with Gasteiger partial charge < -0.3 is 19.2 Å². The fourth-order valence-electron chi connectivity index (χ4n) is 2.64. The number of carbonyl (C=O) groups is 1. The van der Waals surface area contributed by atoms with Crippen molar-refractivity contribution >= 4 is 17.5 Å². The van der Waals surface area contributed by atoms with E-state index in [-0.39, 0.29) is 18.1 Å². The summed E-state index contributed by atoms with van der Waals surface area (Å²) in [5.74, 6) is 0.668. The van der Waals surface area contributed by atoms with Crippen LogP contribution in [0.25, 0.3) is 0 Å². The molecule has 0 aliphatic carbocycles. The summed E-state index contributed by atoms with van der Waals surface area (Å²) in [5, 5.41) is 3.57. The van der Waals surface area contributed by atoms with E-state index in [0.29, 0.717) is 17.3 Å². The van der Waals surface area contributed by atoms with Crippen LogP contribution in [0.1, 0.15) is 28.8 Å². The second-order valence-electron chi connectivity index (χ2n) is 5.21. The largest absolute Gasteiger partial charge is 0.368 e. The lowest BCUT2D eigenvalue weighted by atomic mass is 10.1. The zero-order valence-electron chi connectivity index (χ0n) is 11.9. The number of nitrogens with one attached hydrogen (secondary N) is 1. The van der Waals surface area contributed by atoms with Crippen LogP contribution in [0.2, 0.25) is 5.02 Å². The van der Waals surface area contributed by atoms with Gasteiger partial charge in [-0.2, -0.15) is 0 Å². The maximum Gasteiger partial charge on any atom is 0.268 e. The normalized spacial score (nSPS) is 21.7. The Kier molecular flexibility index (Phi) is 3.73. The molecule has 1 N–H and O–H groups in total. The van der Waals surface area contributed by atoms with E-state index in [1.807, 2.05) is 17.8 Å². The molecule has 0 saturated carbocycles. The van der Waals surface area contributed by atoms with Gasteiger partial charge in [-0.15, -0.1) is 0 Å². The highest BCUT2D eigenvalue weighted by Gasteiger charge is 2.34. The number of nitrogens with zero attached hydrogens (tertiary/aromatic N) is 3. The molecule has 1 aliphatic rings. The van der Waals surface area contributed by atoms with Crippen LogP contribution in [0.5, 0.6) is 0 Å². The highest BCUT2D eigenvalue weighted by molar-refractivity contribution is 6.31. The van der Waals surface area contributed by atoms with Gasteiger partial charge in [-0.3, -0.25) is 4.79 Å². The van der Waals surface area contributed by atoms with E-state index in [9.17, 15) is 4.79 Å². The molecule has 112 valence electrons. The molecule has 0 unspecified atom stereocenters. The predicted molar refractivity (Wildman–Crippen MR) is 78.2 cm³/mol. The molecule has 1 saturated heterocycles. The summed E-state index contributed by atoms with van der Waals surface area (Å²) in [6.07, 6.45) is 5.85. The van der Waals surface area contributed by atoms with Crippen LogP contribution in [0.4, 0.5) is 0 Å². The van der Waals surface area contributed by atoms with Gasteiger partial charge in [-0.05, 0) is 12.5 Å². The lowest BCUT2D eigenvalue weighted by molar-refractivity contribution is 0.0774. The predicted octanol–water partition coefficient (Wildman–Crippen LogP) is 1.67. The van der Waals surface area contributed by atoms with E-state index in [4.69, 9.17) is 16.3 Å². The molecule has 1 aliphatic heterocycles. The number of amides is 1. The van der Waals surface area contributed by atoms with E-state index in [1.54, 1.807) is 30.1 Å². The number of rotatable bonds is 3. The first-order valence-corrected chi connectivity index (χ1v) is 7.15. The molecule has 0 spiro atoms. The third-order valence-corrected chi connectivity index (χ3v) is 3.93. The topological polar surface area (TPSA) is 61.1 Å². The van der Waals surface area contributed by atoms with Crippen molar-refractivity contribution in [2.24, 2.45) is 14.1 Å². The third-order valence-electron chi connectivity index (χ3n) is 3.73. The first-order valence-electron chi connectivity index (χ1n) is 6.78. The average molecular weight is 309 g/mol. The van der Waals surface area contributed by atoms with E-state index >= 15 is 0 Å². The van der Waals surface area contributed by atoms with Crippen LogP contribution >= 0.6 is 11.6 Å². The fourth-order valence-corrected chi connectivity index (χ4v) is 2.89. The SMILES string of the molecule is Cn1cc(Cl)cc1C(=O)N[C@H]1CCO[C@@H]1c1nccn1C. The molecule has 0 radical (unpaired) electrons. The Hall–Kier alpha value is -1.79. The molecule has 2 aromatic heterocycles. The van der Waals surface area contributed by atoms with Crippen molar-refractivity contribution in [2.45, 2.75) is 18.6 Å². The minimum atomic E-state index is -0.218. The van der Waals surface area contributed by atoms with Crippen LogP contribution in [0.3, 0.4) is 0 Å². The van der Waals surface area contributed by atoms with Crippen molar-refractivity contribution < 1.29 is 9.53 Å². The van der Waals surface area contributed by atoms with Crippen LogP contribution in [0.15, 0.2) is 24.7 Å². The highest BCUT2D eigenvalue weighted by atomic mass is 35.5. The number of hydrogen-bond donors (Lipinski definition) is 1. The lowest BCUT2D eigenvalue weighted by Gasteiger charge is -2.19. The van der Waals surface area contributed by atoms with E-state index in [2.05, 4.69) is 10.3 Å². The third kappa shape index (κ3) is 2.69. The van der Waals surface area contributed by atoms with Crippen molar-refractivity contribution in [1.82, 2.24) is 19.4 Å². The Morgan fingerprint density at radius 2 is 2.29 bits per heavy atom. The second kappa shape index (κ2) is 5.54. The maximum atomic E-state index is 12.4. The molecule has 1 amide bonds. The molecule has 21 heavy (non-hydrogen) atoms. The van der Waals surface area contributed by atoms with E-state index in [1.165, 1.54) is 0 Å². The van der Waals surface area contributed by atoms with Gasteiger partial charge in [-0.25, -0.2) is 4.98 Å². The average Bonchev–Trinajstić information content (AvgIpc) is 3.10. The Morgan fingerprint density at radius 3 is 2.90 bits per heavy atom. The number of ether oxygens (including phenoxy) is 1. The van der Waals surface area contributed by atoms with Crippen LogP contribution < -0.4 is 5.32 Å². The standard InChI is InChI=1S/C14H17ClN4O2/c1-18-5-4-16-13(18)12-10(3-6-21-12)17-14(20)11-7-9(15)8-19(11)2/h4-5,7-8,10,12H,3,6H2,1-2H3,(H,17,20)/t10-,12-/m0/s1. The van der Waals surface area contributed by atoms with Gasteiger partial charge >= 0.3 is 0 Å². The smallest absolute Gasteiger partial charge is 0.268 e. The van der Waals surface area contributed by atoms with Gasteiger partial charge in [0, 0.05) is 39.3 Å². The number of halogens is 1. The molecular weight excluding hydrogens is 292 g/mol. The van der Waals surface area contributed by atoms with Gasteiger partial charge in [0.05, 0.1) is 11.1 Å². The number of aromatic nitrogens is 3.